The average molecular weight is 902 g/mol. The van der Waals surface area contributed by atoms with Crippen LogP contribution in [0.5, 0.6) is 11.5 Å². The van der Waals surface area contributed by atoms with Crippen LogP contribution in [0.1, 0.15) is 74.9 Å². The third-order valence-corrected chi connectivity index (χ3v) is 13.5. The number of benzene rings is 4. The number of phenolic OH excluding ortho intramolecular Hbond substituents is 2. The van der Waals surface area contributed by atoms with Crippen LogP contribution in [-0.2, 0) is 62.7 Å². The fourth-order valence-corrected chi connectivity index (χ4v) is 9.67. The number of carbonyl (C=O) groups excluding carboxylic acids is 5. The Bertz CT molecular complexity index is 2410. The summed E-state index contributed by atoms with van der Waals surface area (Å²) < 4.78 is 0. The van der Waals surface area contributed by atoms with Gasteiger partial charge in [0.1, 0.15) is 29.6 Å². The topological polar surface area (TPSA) is 189 Å². The van der Waals surface area contributed by atoms with Gasteiger partial charge < -0.3 is 36.4 Å². The Balaban J connectivity index is 1.10. The van der Waals surface area contributed by atoms with Crippen LogP contribution in [0.3, 0.4) is 0 Å². The van der Waals surface area contributed by atoms with Crippen LogP contribution < -0.4 is 16.4 Å². The van der Waals surface area contributed by atoms with Gasteiger partial charge in [-0.2, -0.15) is 0 Å². The second-order valence-corrected chi connectivity index (χ2v) is 18.6. The maximum Gasteiger partial charge on any atom is 0.243 e. The van der Waals surface area contributed by atoms with Gasteiger partial charge in [-0.05, 0) is 168 Å². The van der Waals surface area contributed by atoms with E-state index in [0.717, 1.165) is 55.6 Å². The van der Waals surface area contributed by atoms with Gasteiger partial charge >= 0.3 is 0 Å². The van der Waals surface area contributed by atoms with E-state index in [1.165, 1.54) is 0 Å². The van der Waals surface area contributed by atoms with Crippen LogP contribution in [0, 0.1) is 27.7 Å². The molecule has 2 aliphatic heterocycles. The van der Waals surface area contributed by atoms with Crippen molar-refractivity contribution >= 4 is 29.5 Å². The van der Waals surface area contributed by atoms with Crippen molar-refractivity contribution in [2.45, 2.75) is 116 Å². The van der Waals surface area contributed by atoms with Gasteiger partial charge in [0.05, 0.1) is 12.1 Å². The van der Waals surface area contributed by atoms with Crippen LogP contribution >= 0.6 is 0 Å². The zero-order valence-electron chi connectivity index (χ0n) is 39.7. The Hall–Kier alpha value is -6.25. The smallest absolute Gasteiger partial charge is 0.243 e. The number of fused-ring (bicyclic) bond motifs is 2. The molecular weight excluding hydrogens is 835 g/mol. The quantitative estimate of drug-likeness (QED) is 0.0971. The summed E-state index contributed by atoms with van der Waals surface area (Å²) in [6.07, 6.45) is 2.54. The molecule has 2 aliphatic rings. The van der Waals surface area contributed by atoms with Gasteiger partial charge in [-0.15, -0.1) is 0 Å². The number of carbonyl (C=O) groups is 5. The fraction of sp³-hybridized carbons (Fsp3) is 0.442. The molecule has 5 atom stereocenters. The van der Waals surface area contributed by atoms with Crippen molar-refractivity contribution in [1.82, 2.24) is 30.2 Å². The van der Waals surface area contributed by atoms with Crippen LogP contribution in [0.25, 0.3) is 0 Å². The molecule has 5 amide bonds. The van der Waals surface area contributed by atoms with E-state index < -0.39 is 42.0 Å². The minimum absolute atomic E-state index is 0.161. The first-order valence-electron chi connectivity index (χ1n) is 22.9. The molecule has 0 saturated heterocycles. The summed E-state index contributed by atoms with van der Waals surface area (Å²) in [5, 5.41) is 26.2. The van der Waals surface area contributed by atoms with E-state index in [1.54, 1.807) is 34.1 Å². The Kier molecular flexibility index (Phi) is 15.9. The van der Waals surface area contributed by atoms with E-state index in [2.05, 4.69) is 10.6 Å². The van der Waals surface area contributed by atoms with Crippen molar-refractivity contribution in [1.29, 1.82) is 0 Å². The number of primary amides is 1. The van der Waals surface area contributed by atoms with Crippen molar-refractivity contribution in [3.8, 4) is 11.5 Å². The minimum Gasteiger partial charge on any atom is -0.508 e. The van der Waals surface area contributed by atoms with Crippen LogP contribution in [-0.4, -0.2) is 124 Å². The third kappa shape index (κ3) is 11.4. The zero-order chi connectivity index (χ0) is 48.0. The van der Waals surface area contributed by atoms with Gasteiger partial charge in [-0.1, -0.05) is 48.5 Å². The first kappa shape index (κ1) is 49.2. The zero-order valence-corrected chi connectivity index (χ0v) is 39.7. The Labute approximate surface area is 389 Å². The molecule has 4 aromatic rings. The molecule has 0 radical (unpaired) electrons. The van der Waals surface area contributed by atoms with Crippen LogP contribution in [0.4, 0.5) is 0 Å². The van der Waals surface area contributed by atoms with Gasteiger partial charge in [-0.25, -0.2) is 0 Å². The SMILES string of the molecule is Cc1cc(O)cc(C)c1C[C@@H](C(=O)N1Cc2ccccc2C[C@H]1C(=O)NCCCC[C@H](NC(=O)[C@@H]1Cc2ccccc2CN1C(=O)[C@H](Cc1c(C)cc(O)cc1C)N(C)C)C(N)=O)N(C)C. The van der Waals surface area contributed by atoms with Crippen molar-refractivity contribution in [2.75, 3.05) is 34.7 Å². The van der Waals surface area contributed by atoms with E-state index >= 15 is 0 Å². The number of rotatable bonds is 17. The van der Waals surface area contributed by atoms with Crippen LogP contribution in [0.2, 0.25) is 0 Å². The number of unbranched alkanes of at least 4 members (excludes halogenated alkanes) is 1. The highest BCUT2D eigenvalue weighted by Gasteiger charge is 2.41. The van der Waals surface area contributed by atoms with E-state index in [0.29, 0.717) is 32.1 Å². The summed E-state index contributed by atoms with van der Waals surface area (Å²) in [4.78, 5) is 77.2. The normalized spacial score (nSPS) is 17.1. The molecule has 0 spiro atoms. The molecule has 14 heteroatoms. The molecule has 0 unspecified atom stereocenters. The van der Waals surface area contributed by atoms with Crippen molar-refractivity contribution in [3.63, 3.8) is 0 Å². The molecule has 0 bridgehead atoms. The molecule has 0 fully saturated rings. The maximum absolute atomic E-state index is 14.6. The summed E-state index contributed by atoms with van der Waals surface area (Å²) in [6, 6.07) is 18.5. The highest BCUT2D eigenvalue weighted by Crippen LogP contribution is 2.30. The summed E-state index contributed by atoms with van der Waals surface area (Å²) >= 11 is 0. The number of nitrogens with two attached hydrogens (primary N) is 1. The standard InChI is InChI=1S/C52H67N7O7/c1-31-21-39(60)22-32(2)41(31)27-46(56(5)6)51(65)58-29-37-17-11-9-15-35(37)25-44(58)49(63)54-20-14-13-19-43(48(53)62)55-50(64)45-26-36-16-10-12-18-38(36)30-59(45)52(66)47(57(7)8)28-42-33(3)23-40(61)24-34(42)4/h9-12,15-18,21-24,43-47,60-61H,13-14,19-20,25-30H2,1-8H3,(H2,53,62)(H,54,63)(H,55,64)/t43-,44-,45-,46-,47-/m0/s1. The first-order valence-corrected chi connectivity index (χ1v) is 22.9. The fourth-order valence-electron chi connectivity index (χ4n) is 9.67. The largest absolute Gasteiger partial charge is 0.508 e. The number of aromatic hydroxyl groups is 2. The average Bonchev–Trinajstić information content (AvgIpc) is 3.26. The molecular formula is C52H67N7O7. The van der Waals surface area contributed by atoms with E-state index in [4.69, 9.17) is 5.73 Å². The van der Waals surface area contributed by atoms with Crippen molar-refractivity contribution in [3.05, 3.63) is 128 Å². The van der Waals surface area contributed by atoms with Crippen LogP contribution in [0.15, 0.2) is 72.8 Å². The molecule has 2 heterocycles. The van der Waals surface area contributed by atoms with E-state index in [-0.39, 0.29) is 61.7 Å². The predicted octanol–water partition coefficient (Wildman–Crippen LogP) is 4.14. The molecule has 6 rings (SSSR count). The number of hydrogen-bond acceptors (Lipinski definition) is 9. The Morgan fingerprint density at radius 1 is 0.636 bits per heavy atom. The summed E-state index contributed by atoms with van der Waals surface area (Å²) in [6.45, 7) is 8.43. The molecule has 0 aliphatic carbocycles. The van der Waals surface area contributed by atoms with E-state index in [1.807, 2.05) is 114 Å². The number of likely N-dealkylation sites (N-methyl/N-ethyl adjacent to an activating group) is 2. The summed E-state index contributed by atoms with van der Waals surface area (Å²) in [7, 11) is 7.38. The Morgan fingerprint density at radius 3 is 1.42 bits per heavy atom. The number of hydrogen-bond donors (Lipinski definition) is 5. The monoisotopic (exact) mass is 902 g/mol. The molecule has 6 N–H and O–H groups in total. The molecule has 0 aromatic heterocycles. The van der Waals surface area contributed by atoms with Crippen molar-refractivity contribution in [2.24, 2.45) is 5.73 Å². The van der Waals surface area contributed by atoms with Gasteiger partial charge in [0.2, 0.25) is 29.5 Å². The minimum atomic E-state index is -1.01. The lowest BCUT2D eigenvalue weighted by Gasteiger charge is -2.40. The molecule has 4 aromatic carbocycles. The number of nitrogens with one attached hydrogen (secondary N) is 2. The van der Waals surface area contributed by atoms with Gasteiger partial charge in [0.25, 0.3) is 0 Å². The third-order valence-electron chi connectivity index (χ3n) is 13.5. The van der Waals surface area contributed by atoms with Crippen molar-refractivity contribution < 1.29 is 34.2 Å². The second-order valence-electron chi connectivity index (χ2n) is 18.6. The van der Waals surface area contributed by atoms with Gasteiger partial charge in [0, 0.05) is 32.5 Å². The lowest BCUT2D eigenvalue weighted by atomic mass is 9.90. The Morgan fingerprint density at radius 2 is 1.03 bits per heavy atom. The molecule has 14 nitrogen and oxygen atoms in total. The predicted molar refractivity (Wildman–Crippen MR) is 254 cm³/mol. The summed E-state index contributed by atoms with van der Waals surface area (Å²) in [5.74, 6) is -1.51. The lowest BCUT2D eigenvalue weighted by molar-refractivity contribution is -0.146. The lowest BCUT2D eigenvalue weighted by Crippen LogP contribution is -2.59. The van der Waals surface area contributed by atoms with Gasteiger partial charge in [0.15, 0.2) is 0 Å². The summed E-state index contributed by atoms with van der Waals surface area (Å²) in [5.41, 5.74) is 15.2. The molecule has 66 heavy (non-hydrogen) atoms. The van der Waals surface area contributed by atoms with Gasteiger partial charge in [-0.3, -0.25) is 33.8 Å². The van der Waals surface area contributed by atoms with E-state index in [9.17, 15) is 34.2 Å². The number of amides is 5. The number of phenols is 2. The number of aryl methyl sites for hydroxylation is 4. The second kappa shape index (κ2) is 21.4. The highest BCUT2D eigenvalue weighted by atomic mass is 16.3. The number of nitrogens with zero attached hydrogens (tertiary/aromatic N) is 4. The molecule has 0 saturated carbocycles. The molecule has 352 valence electrons. The maximum atomic E-state index is 14.6. The highest BCUT2D eigenvalue weighted by molar-refractivity contribution is 5.94. The first-order chi connectivity index (χ1) is 31.3.